The van der Waals surface area contributed by atoms with E-state index in [4.69, 9.17) is 5.73 Å². The van der Waals surface area contributed by atoms with Crippen molar-refractivity contribution >= 4 is 11.0 Å². The van der Waals surface area contributed by atoms with E-state index in [0.29, 0.717) is 28.1 Å². The van der Waals surface area contributed by atoms with Crippen LogP contribution < -0.4 is 5.73 Å². The predicted octanol–water partition coefficient (Wildman–Crippen LogP) is 2.85. The lowest BCUT2D eigenvalue weighted by atomic mass is 10.1. The van der Waals surface area contributed by atoms with Gasteiger partial charge in [0.2, 0.25) is 0 Å². The molecule has 0 amide bonds. The fraction of sp³-hybridized carbons (Fsp3) is 0.133. The highest BCUT2D eigenvalue weighted by molar-refractivity contribution is 5.78. The third-order valence-electron chi connectivity index (χ3n) is 2.99. The summed E-state index contributed by atoms with van der Waals surface area (Å²) in [5, 5.41) is 0. The zero-order valence-corrected chi connectivity index (χ0v) is 10.9. The van der Waals surface area contributed by atoms with E-state index in [1.54, 1.807) is 12.3 Å². The first kappa shape index (κ1) is 12.6. The molecule has 2 aromatic heterocycles. The van der Waals surface area contributed by atoms with Gasteiger partial charge in [0.25, 0.3) is 0 Å². The van der Waals surface area contributed by atoms with Crippen LogP contribution in [0.4, 0.5) is 4.39 Å². The van der Waals surface area contributed by atoms with Crippen molar-refractivity contribution in [3.63, 3.8) is 0 Å². The first-order valence-electron chi connectivity index (χ1n) is 6.29. The summed E-state index contributed by atoms with van der Waals surface area (Å²) in [5.74, 6) is -0.340. The van der Waals surface area contributed by atoms with Crippen molar-refractivity contribution < 1.29 is 4.39 Å². The third kappa shape index (κ3) is 2.23. The lowest BCUT2D eigenvalue weighted by molar-refractivity contribution is 0.629. The summed E-state index contributed by atoms with van der Waals surface area (Å²) >= 11 is 0. The van der Waals surface area contributed by atoms with Crippen molar-refractivity contribution in [1.82, 2.24) is 15.0 Å². The van der Waals surface area contributed by atoms with Gasteiger partial charge in [0.1, 0.15) is 11.5 Å². The molecular formula is C15H13FN4. The Labute approximate surface area is 115 Å². The summed E-state index contributed by atoms with van der Waals surface area (Å²) in [7, 11) is 0. The molecule has 0 aliphatic heterocycles. The van der Waals surface area contributed by atoms with Gasteiger partial charge in [0.05, 0.1) is 22.4 Å². The van der Waals surface area contributed by atoms with E-state index in [9.17, 15) is 4.39 Å². The number of benzene rings is 1. The molecule has 0 saturated heterocycles. The molecule has 1 atom stereocenters. The van der Waals surface area contributed by atoms with Crippen LogP contribution in [0.15, 0.2) is 42.6 Å². The van der Waals surface area contributed by atoms with Crippen molar-refractivity contribution in [2.45, 2.75) is 13.0 Å². The minimum atomic E-state index is -0.340. The topological polar surface area (TPSA) is 64.7 Å². The molecule has 0 spiro atoms. The van der Waals surface area contributed by atoms with Crippen LogP contribution in [0.5, 0.6) is 0 Å². The predicted molar refractivity (Wildman–Crippen MR) is 75.3 cm³/mol. The first-order chi connectivity index (χ1) is 9.65. The minimum Gasteiger partial charge on any atom is -0.323 e. The van der Waals surface area contributed by atoms with Crippen molar-refractivity contribution in [2.24, 2.45) is 5.73 Å². The highest BCUT2D eigenvalue weighted by Crippen LogP contribution is 2.25. The van der Waals surface area contributed by atoms with E-state index >= 15 is 0 Å². The Morgan fingerprint density at radius 3 is 2.65 bits per heavy atom. The maximum atomic E-state index is 13.3. The molecule has 2 N–H and O–H groups in total. The van der Waals surface area contributed by atoms with Crippen LogP contribution in [0, 0.1) is 5.82 Å². The number of nitrogens with zero attached hydrogens (tertiary/aromatic N) is 3. The zero-order chi connectivity index (χ0) is 14.1. The summed E-state index contributed by atoms with van der Waals surface area (Å²) in [5.41, 5.74) is 9.02. The maximum absolute atomic E-state index is 13.3. The molecule has 5 heteroatoms. The molecule has 0 fully saturated rings. The molecular weight excluding hydrogens is 255 g/mol. The SMILES string of the molecule is C[C@H](N)c1nc2ccc(F)cc2nc1-c1ccccn1. The fourth-order valence-corrected chi connectivity index (χ4v) is 2.05. The molecule has 1 aromatic carbocycles. The van der Waals surface area contributed by atoms with E-state index in [2.05, 4.69) is 15.0 Å². The van der Waals surface area contributed by atoms with Gasteiger partial charge in [-0.05, 0) is 31.2 Å². The minimum absolute atomic E-state index is 0.283. The van der Waals surface area contributed by atoms with Gasteiger partial charge in [0, 0.05) is 18.3 Å². The second-order valence-electron chi connectivity index (χ2n) is 4.59. The lowest BCUT2D eigenvalue weighted by Crippen LogP contribution is -2.11. The third-order valence-corrected chi connectivity index (χ3v) is 2.99. The molecule has 0 aliphatic rings. The van der Waals surface area contributed by atoms with Gasteiger partial charge >= 0.3 is 0 Å². The molecule has 20 heavy (non-hydrogen) atoms. The van der Waals surface area contributed by atoms with Crippen molar-refractivity contribution in [3.8, 4) is 11.4 Å². The number of fused-ring (bicyclic) bond motifs is 1. The molecule has 100 valence electrons. The number of nitrogens with two attached hydrogens (primary N) is 1. The normalized spacial score (nSPS) is 12.6. The monoisotopic (exact) mass is 268 g/mol. The summed E-state index contributed by atoms with van der Waals surface area (Å²) < 4.78 is 13.3. The zero-order valence-electron chi connectivity index (χ0n) is 10.9. The Bertz CT molecular complexity index is 756. The number of rotatable bonds is 2. The quantitative estimate of drug-likeness (QED) is 0.776. The molecule has 3 rings (SSSR count). The van der Waals surface area contributed by atoms with Gasteiger partial charge < -0.3 is 5.73 Å². The number of hydrogen-bond donors (Lipinski definition) is 1. The van der Waals surface area contributed by atoms with Crippen molar-refractivity contribution in [1.29, 1.82) is 0 Å². The van der Waals surface area contributed by atoms with Crippen molar-refractivity contribution in [3.05, 3.63) is 54.1 Å². The maximum Gasteiger partial charge on any atom is 0.125 e. The summed E-state index contributed by atoms with van der Waals surface area (Å²) in [6, 6.07) is 9.57. The summed E-state index contributed by atoms with van der Waals surface area (Å²) in [6.45, 7) is 1.84. The number of aromatic nitrogens is 3. The van der Waals surface area contributed by atoms with Crippen molar-refractivity contribution in [2.75, 3.05) is 0 Å². The Morgan fingerprint density at radius 2 is 1.95 bits per heavy atom. The van der Waals surface area contributed by atoms with Gasteiger partial charge in [0.15, 0.2) is 0 Å². The Kier molecular flexibility index (Phi) is 3.12. The van der Waals surface area contributed by atoms with Crippen LogP contribution in [0.1, 0.15) is 18.7 Å². The number of hydrogen-bond acceptors (Lipinski definition) is 4. The van der Waals surface area contributed by atoms with E-state index in [1.807, 2.05) is 25.1 Å². The molecule has 0 bridgehead atoms. The van der Waals surface area contributed by atoms with E-state index < -0.39 is 0 Å². The molecule has 4 nitrogen and oxygen atoms in total. The molecule has 0 aliphatic carbocycles. The van der Waals surface area contributed by atoms with E-state index in [1.165, 1.54) is 12.1 Å². The van der Waals surface area contributed by atoms with Gasteiger partial charge in [-0.2, -0.15) is 0 Å². The number of pyridine rings is 1. The van der Waals surface area contributed by atoms with Crippen LogP contribution in [0.2, 0.25) is 0 Å². The van der Waals surface area contributed by atoms with E-state index in [-0.39, 0.29) is 11.9 Å². The summed E-state index contributed by atoms with van der Waals surface area (Å²) in [4.78, 5) is 13.2. The van der Waals surface area contributed by atoms with Crippen LogP contribution in [0.25, 0.3) is 22.4 Å². The van der Waals surface area contributed by atoms with Crippen LogP contribution in [-0.2, 0) is 0 Å². The Balaban J connectivity index is 2.30. The molecule has 0 radical (unpaired) electrons. The molecule has 3 aromatic rings. The second-order valence-corrected chi connectivity index (χ2v) is 4.59. The Morgan fingerprint density at radius 1 is 1.10 bits per heavy atom. The first-order valence-corrected chi connectivity index (χ1v) is 6.29. The summed E-state index contributed by atoms with van der Waals surface area (Å²) in [6.07, 6.45) is 1.68. The van der Waals surface area contributed by atoms with Gasteiger partial charge in [-0.15, -0.1) is 0 Å². The fourth-order valence-electron chi connectivity index (χ4n) is 2.05. The number of halogens is 1. The van der Waals surface area contributed by atoms with Gasteiger partial charge in [-0.25, -0.2) is 14.4 Å². The van der Waals surface area contributed by atoms with E-state index in [0.717, 1.165) is 0 Å². The highest BCUT2D eigenvalue weighted by atomic mass is 19.1. The van der Waals surface area contributed by atoms with Crippen LogP contribution >= 0.6 is 0 Å². The van der Waals surface area contributed by atoms with Gasteiger partial charge in [-0.3, -0.25) is 4.98 Å². The highest BCUT2D eigenvalue weighted by Gasteiger charge is 2.15. The van der Waals surface area contributed by atoms with Crippen LogP contribution in [0.3, 0.4) is 0 Å². The smallest absolute Gasteiger partial charge is 0.125 e. The molecule has 0 unspecified atom stereocenters. The van der Waals surface area contributed by atoms with Gasteiger partial charge in [-0.1, -0.05) is 6.07 Å². The average molecular weight is 268 g/mol. The standard InChI is InChI=1S/C15H13FN4/c1-9(17)14-15(12-4-2-3-7-18-12)20-13-8-10(16)5-6-11(13)19-14/h2-9H,17H2,1H3/t9-/m0/s1. The molecule has 0 saturated carbocycles. The lowest BCUT2D eigenvalue weighted by Gasteiger charge is -2.12. The van der Waals surface area contributed by atoms with Crippen LogP contribution in [-0.4, -0.2) is 15.0 Å². The molecule has 2 heterocycles. The average Bonchev–Trinajstić information content (AvgIpc) is 2.46. The second kappa shape index (κ2) is 4.94. The largest absolute Gasteiger partial charge is 0.323 e. The Hall–Kier alpha value is -2.40.